The standard InChI is InChI=1S/C22H25NO3/c1-16(15-23-13-7-2-8-14-23)25-22(24)21-17-9-3-5-11-19(17)26-20-12-6-4-10-18(20)21/h3-6,9-12,16,21H,2,7-8,13-15H2,1H3/p+1/t16-/m1/s1. The van der Waals surface area contributed by atoms with Gasteiger partial charge in [-0.15, -0.1) is 0 Å². The molecule has 1 fully saturated rings. The fourth-order valence-corrected chi connectivity index (χ4v) is 4.13. The summed E-state index contributed by atoms with van der Waals surface area (Å²) in [6.07, 6.45) is 3.79. The maximum absolute atomic E-state index is 13.1. The van der Waals surface area contributed by atoms with Gasteiger partial charge in [-0.3, -0.25) is 4.79 Å². The van der Waals surface area contributed by atoms with Crippen LogP contribution in [0, 0.1) is 0 Å². The maximum Gasteiger partial charge on any atom is 0.318 e. The second-order valence-electron chi connectivity index (χ2n) is 7.37. The predicted octanol–water partition coefficient (Wildman–Crippen LogP) is 2.92. The van der Waals surface area contributed by atoms with E-state index in [4.69, 9.17) is 9.47 Å². The fraction of sp³-hybridized carbons (Fsp3) is 0.409. The largest absolute Gasteiger partial charge is 0.457 e. The first-order chi connectivity index (χ1) is 12.7. The van der Waals surface area contributed by atoms with Gasteiger partial charge in [-0.2, -0.15) is 0 Å². The molecule has 0 aliphatic carbocycles. The molecule has 26 heavy (non-hydrogen) atoms. The Balaban J connectivity index is 1.53. The molecule has 1 atom stereocenters. The molecule has 2 aliphatic rings. The lowest BCUT2D eigenvalue weighted by atomic mass is 9.88. The van der Waals surface area contributed by atoms with E-state index in [1.165, 1.54) is 32.4 Å². The third kappa shape index (κ3) is 3.47. The first-order valence-electron chi connectivity index (χ1n) is 9.62. The Labute approximate surface area is 154 Å². The van der Waals surface area contributed by atoms with E-state index in [2.05, 4.69) is 0 Å². The molecule has 0 amide bonds. The molecule has 0 unspecified atom stereocenters. The zero-order valence-corrected chi connectivity index (χ0v) is 15.2. The SMILES string of the molecule is C[C@H](C[NH+]1CCCCC1)OC(=O)C1c2ccccc2Oc2ccccc21. The molecule has 4 rings (SSSR count). The summed E-state index contributed by atoms with van der Waals surface area (Å²) in [6, 6.07) is 15.5. The molecule has 2 heterocycles. The zero-order valence-electron chi connectivity index (χ0n) is 15.2. The van der Waals surface area contributed by atoms with Gasteiger partial charge in [0.2, 0.25) is 0 Å². The Bertz CT molecular complexity index is 737. The minimum Gasteiger partial charge on any atom is -0.457 e. The van der Waals surface area contributed by atoms with Crippen LogP contribution in [-0.4, -0.2) is 31.7 Å². The molecule has 0 bridgehead atoms. The van der Waals surface area contributed by atoms with E-state index >= 15 is 0 Å². The number of esters is 1. The smallest absolute Gasteiger partial charge is 0.318 e. The summed E-state index contributed by atoms with van der Waals surface area (Å²) in [5.74, 6) is 0.872. The zero-order chi connectivity index (χ0) is 17.9. The molecule has 2 aromatic rings. The highest BCUT2D eigenvalue weighted by Crippen LogP contribution is 2.44. The number of quaternary nitrogens is 1. The van der Waals surface area contributed by atoms with Crippen LogP contribution >= 0.6 is 0 Å². The molecule has 4 heteroatoms. The van der Waals surface area contributed by atoms with Crippen molar-refractivity contribution >= 4 is 5.97 Å². The van der Waals surface area contributed by atoms with Gasteiger partial charge >= 0.3 is 5.97 Å². The van der Waals surface area contributed by atoms with Gasteiger partial charge in [-0.1, -0.05) is 36.4 Å². The van der Waals surface area contributed by atoms with Crippen LogP contribution in [0.3, 0.4) is 0 Å². The monoisotopic (exact) mass is 352 g/mol. The van der Waals surface area contributed by atoms with E-state index < -0.39 is 5.92 Å². The van der Waals surface area contributed by atoms with E-state index in [9.17, 15) is 4.79 Å². The van der Waals surface area contributed by atoms with Crippen molar-refractivity contribution in [1.82, 2.24) is 0 Å². The maximum atomic E-state index is 13.1. The van der Waals surface area contributed by atoms with Crippen LogP contribution in [0.5, 0.6) is 11.5 Å². The van der Waals surface area contributed by atoms with Gasteiger partial charge in [-0.25, -0.2) is 0 Å². The molecule has 4 nitrogen and oxygen atoms in total. The molecule has 2 aliphatic heterocycles. The third-order valence-corrected chi connectivity index (χ3v) is 5.37. The van der Waals surface area contributed by atoms with Crippen LogP contribution in [0.2, 0.25) is 0 Å². The number of carbonyl (C=O) groups is 1. The number of fused-ring (bicyclic) bond motifs is 2. The number of carbonyl (C=O) groups excluding carboxylic acids is 1. The van der Waals surface area contributed by atoms with Crippen LogP contribution in [0.25, 0.3) is 0 Å². The molecule has 2 aromatic carbocycles. The summed E-state index contributed by atoms with van der Waals surface area (Å²) in [4.78, 5) is 14.6. The van der Waals surface area contributed by atoms with Gasteiger partial charge in [-0.05, 0) is 38.3 Å². The quantitative estimate of drug-likeness (QED) is 0.860. The number of benzene rings is 2. The number of likely N-dealkylation sites (tertiary alicyclic amines) is 1. The molecule has 1 N–H and O–H groups in total. The normalized spacial score (nSPS) is 18.3. The fourth-order valence-electron chi connectivity index (χ4n) is 4.13. The lowest BCUT2D eigenvalue weighted by molar-refractivity contribution is -0.907. The van der Waals surface area contributed by atoms with Crippen LogP contribution in [0.4, 0.5) is 0 Å². The van der Waals surface area contributed by atoms with Gasteiger partial charge in [0.05, 0.1) is 13.1 Å². The summed E-state index contributed by atoms with van der Waals surface area (Å²) in [7, 11) is 0. The summed E-state index contributed by atoms with van der Waals surface area (Å²) >= 11 is 0. The second-order valence-corrected chi connectivity index (χ2v) is 7.37. The molecule has 0 saturated carbocycles. The number of hydrogen-bond acceptors (Lipinski definition) is 3. The highest BCUT2D eigenvalue weighted by molar-refractivity contribution is 5.85. The Morgan fingerprint density at radius 2 is 1.62 bits per heavy atom. The topological polar surface area (TPSA) is 40.0 Å². The molecule has 136 valence electrons. The van der Waals surface area contributed by atoms with E-state index in [1.54, 1.807) is 4.90 Å². The first-order valence-corrected chi connectivity index (χ1v) is 9.62. The van der Waals surface area contributed by atoms with E-state index in [0.717, 1.165) is 29.2 Å². The van der Waals surface area contributed by atoms with Gasteiger partial charge < -0.3 is 14.4 Å². The number of piperidine rings is 1. The Morgan fingerprint density at radius 1 is 1.04 bits per heavy atom. The molecular weight excluding hydrogens is 326 g/mol. The van der Waals surface area contributed by atoms with Gasteiger partial charge in [0.1, 0.15) is 30.1 Å². The number of ether oxygens (including phenoxy) is 2. The minimum absolute atomic E-state index is 0.0854. The molecular formula is C22H26NO3+. The lowest BCUT2D eigenvalue weighted by Crippen LogP contribution is -3.13. The van der Waals surface area contributed by atoms with Crippen LogP contribution in [0.1, 0.15) is 43.2 Å². The van der Waals surface area contributed by atoms with E-state index in [-0.39, 0.29) is 12.1 Å². The van der Waals surface area contributed by atoms with Crippen molar-refractivity contribution in [3.8, 4) is 11.5 Å². The van der Waals surface area contributed by atoms with Gasteiger partial charge in [0.15, 0.2) is 0 Å². The van der Waals surface area contributed by atoms with Crippen LogP contribution < -0.4 is 9.64 Å². The highest BCUT2D eigenvalue weighted by atomic mass is 16.5. The number of rotatable bonds is 4. The first kappa shape index (κ1) is 17.1. The van der Waals surface area contributed by atoms with Crippen molar-refractivity contribution in [3.05, 3.63) is 59.7 Å². The highest BCUT2D eigenvalue weighted by Gasteiger charge is 2.34. The Hall–Kier alpha value is -2.33. The minimum atomic E-state index is -0.421. The van der Waals surface area contributed by atoms with Gasteiger partial charge in [0.25, 0.3) is 0 Å². The van der Waals surface area contributed by atoms with Crippen LogP contribution in [0.15, 0.2) is 48.5 Å². The van der Waals surface area contributed by atoms with Crippen molar-refractivity contribution in [2.45, 2.75) is 38.2 Å². The van der Waals surface area contributed by atoms with Crippen molar-refractivity contribution in [1.29, 1.82) is 0 Å². The lowest BCUT2D eigenvalue weighted by Gasteiger charge is -2.29. The van der Waals surface area contributed by atoms with Crippen molar-refractivity contribution in [2.75, 3.05) is 19.6 Å². The Kier molecular flexibility index (Phi) is 4.93. The number of hydrogen-bond donors (Lipinski definition) is 1. The molecule has 1 saturated heterocycles. The molecule has 0 radical (unpaired) electrons. The van der Waals surface area contributed by atoms with Crippen molar-refractivity contribution in [3.63, 3.8) is 0 Å². The average molecular weight is 352 g/mol. The number of nitrogens with one attached hydrogen (secondary N) is 1. The van der Waals surface area contributed by atoms with Crippen molar-refractivity contribution in [2.24, 2.45) is 0 Å². The summed E-state index contributed by atoms with van der Waals surface area (Å²) in [5.41, 5.74) is 1.77. The van der Waals surface area contributed by atoms with Crippen molar-refractivity contribution < 1.29 is 19.2 Å². The second kappa shape index (κ2) is 7.50. The average Bonchev–Trinajstić information content (AvgIpc) is 2.66. The molecule has 0 aromatic heterocycles. The summed E-state index contributed by atoms with van der Waals surface area (Å²) < 4.78 is 11.9. The Morgan fingerprint density at radius 3 is 2.23 bits per heavy atom. The number of para-hydroxylation sites is 2. The molecule has 0 spiro atoms. The third-order valence-electron chi connectivity index (χ3n) is 5.37. The predicted molar refractivity (Wildman–Crippen MR) is 99.8 cm³/mol. The van der Waals surface area contributed by atoms with Gasteiger partial charge in [0, 0.05) is 11.1 Å². The summed E-state index contributed by atoms with van der Waals surface area (Å²) in [5, 5.41) is 0. The van der Waals surface area contributed by atoms with E-state index in [0.29, 0.717) is 0 Å². The summed E-state index contributed by atoms with van der Waals surface area (Å²) in [6.45, 7) is 5.27. The van der Waals surface area contributed by atoms with Crippen LogP contribution in [-0.2, 0) is 9.53 Å². The van der Waals surface area contributed by atoms with E-state index in [1.807, 2.05) is 55.5 Å².